The van der Waals surface area contributed by atoms with Gasteiger partial charge >= 0.3 is 0 Å². The summed E-state index contributed by atoms with van der Waals surface area (Å²) in [7, 11) is -3.77. The first-order chi connectivity index (χ1) is 16.3. The number of aryl methyl sites for hydroxylation is 2. The molecule has 2 aromatic rings. The maximum atomic E-state index is 13.7. The molecule has 9 heteroatoms. The first-order valence-electron chi connectivity index (χ1n) is 11.7. The monoisotopic (exact) mass is 521 g/mol. The van der Waals surface area contributed by atoms with Gasteiger partial charge in [-0.1, -0.05) is 62.2 Å². The van der Waals surface area contributed by atoms with Crippen LogP contribution in [0.3, 0.4) is 0 Å². The molecule has 2 amide bonds. The second-order valence-corrected chi connectivity index (χ2v) is 11.6. The third-order valence-electron chi connectivity index (χ3n) is 5.64. The van der Waals surface area contributed by atoms with Gasteiger partial charge in [0.25, 0.3) is 0 Å². The summed E-state index contributed by atoms with van der Waals surface area (Å²) in [4.78, 5) is 28.2. The zero-order chi connectivity index (χ0) is 26.3. The van der Waals surface area contributed by atoms with Crippen LogP contribution < -0.4 is 9.62 Å². The molecule has 2 aromatic carbocycles. The highest BCUT2D eigenvalue weighted by molar-refractivity contribution is 7.92. The van der Waals surface area contributed by atoms with E-state index in [4.69, 9.17) is 11.6 Å². The molecule has 0 spiro atoms. The van der Waals surface area contributed by atoms with Gasteiger partial charge in [-0.05, 0) is 55.5 Å². The number of hydrogen-bond acceptors (Lipinski definition) is 4. The van der Waals surface area contributed by atoms with Gasteiger partial charge in [0.1, 0.15) is 12.6 Å². The number of anilines is 1. The molecule has 1 N–H and O–H groups in total. The van der Waals surface area contributed by atoms with E-state index in [0.717, 1.165) is 27.3 Å². The summed E-state index contributed by atoms with van der Waals surface area (Å²) < 4.78 is 26.6. The molecule has 0 aliphatic heterocycles. The van der Waals surface area contributed by atoms with Crippen LogP contribution in [0.2, 0.25) is 5.02 Å². The second kappa shape index (κ2) is 12.4. The van der Waals surface area contributed by atoms with E-state index in [1.165, 1.54) is 4.90 Å². The average molecular weight is 522 g/mol. The number of sulfonamides is 1. The molecule has 0 unspecified atom stereocenters. The van der Waals surface area contributed by atoms with Gasteiger partial charge < -0.3 is 10.2 Å². The molecular weight excluding hydrogens is 486 g/mol. The van der Waals surface area contributed by atoms with Crippen molar-refractivity contribution in [3.63, 3.8) is 0 Å². The van der Waals surface area contributed by atoms with E-state index >= 15 is 0 Å². The van der Waals surface area contributed by atoms with Crippen LogP contribution in [-0.2, 0) is 26.2 Å². The molecule has 0 aliphatic rings. The van der Waals surface area contributed by atoms with Gasteiger partial charge in [0.15, 0.2) is 0 Å². The van der Waals surface area contributed by atoms with Crippen molar-refractivity contribution in [3.05, 3.63) is 64.2 Å². The van der Waals surface area contributed by atoms with Crippen molar-refractivity contribution >= 4 is 39.1 Å². The van der Waals surface area contributed by atoms with Gasteiger partial charge in [0, 0.05) is 18.1 Å². The summed E-state index contributed by atoms with van der Waals surface area (Å²) in [6.45, 7) is 9.76. The van der Waals surface area contributed by atoms with Gasteiger partial charge in [-0.25, -0.2) is 8.42 Å². The van der Waals surface area contributed by atoms with Crippen LogP contribution in [0, 0.1) is 19.8 Å². The number of rotatable bonds is 11. The van der Waals surface area contributed by atoms with Crippen molar-refractivity contribution in [1.29, 1.82) is 0 Å². The minimum absolute atomic E-state index is 0.147. The fraction of sp³-hybridized carbons (Fsp3) is 0.462. The molecule has 0 fully saturated rings. The molecule has 192 valence electrons. The lowest BCUT2D eigenvalue weighted by Crippen LogP contribution is -2.52. The maximum Gasteiger partial charge on any atom is 0.244 e. The molecule has 7 nitrogen and oxygen atoms in total. The van der Waals surface area contributed by atoms with Gasteiger partial charge in [-0.2, -0.15) is 0 Å². The molecule has 2 rings (SSSR count). The molecular formula is C26H36ClN3O4S. The van der Waals surface area contributed by atoms with Crippen LogP contribution >= 0.6 is 11.6 Å². The number of halogens is 1. The summed E-state index contributed by atoms with van der Waals surface area (Å²) in [5, 5.41) is 3.47. The van der Waals surface area contributed by atoms with E-state index in [9.17, 15) is 18.0 Å². The lowest BCUT2D eigenvalue weighted by atomic mass is 10.1. The van der Waals surface area contributed by atoms with Crippen molar-refractivity contribution in [2.24, 2.45) is 5.92 Å². The summed E-state index contributed by atoms with van der Waals surface area (Å²) >= 11 is 6.02. The fourth-order valence-electron chi connectivity index (χ4n) is 3.81. The fourth-order valence-corrected chi connectivity index (χ4v) is 4.84. The Hall–Kier alpha value is -2.58. The minimum atomic E-state index is -3.77. The molecule has 35 heavy (non-hydrogen) atoms. The Kier molecular flexibility index (Phi) is 10.2. The third-order valence-corrected chi connectivity index (χ3v) is 7.02. The number of carbonyl (C=O) groups is 2. The van der Waals surface area contributed by atoms with E-state index in [1.54, 1.807) is 30.3 Å². The van der Waals surface area contributed by atoms with Crippen molar-refractivity contribution in [1.82, 2.24) is 10.2 Å². The lowest BCUT2D eigenvalue weighted by Gasteiger charge is -2.33. The van der Waals surface area contributed by atoms with E-state index < -0.39 is 28.5 Å². The first kappa shape index (κ1) is 28.7. The maximum absolute atomic E-state index is 13.7. The van der Waals surface area contributed by atoms with Crippen LogP contribution in [0.25, 0.3) is 0 Å². The Labute approximate surface area is 214 Å². The number of benzene rings is 2. The largest absolute Gasteiger partial charge is 0.354 e. The van der Waals surface area contributed by atoms with Gasteiger partial charge in [0.05, 0.1) is 11.9 Å². The molecule has 0 aliphatic carbocycles. The van der Waals surface area contributed by atoms with Crippen molar-refractivity contribution in [3.8, 4) is 0 Å². The predicted molar refractivity (Wildman–Crippen MR) is 142 cm³/mol. The number of hydrogen-bond donors (Lipinski definition) is 1. The number of nitrogens with zero attached hydrogens (tertiary/aromatic N) is 2. The van der Waals surface area contributed by atoms with Crippen LogP contribution in [0.1, 0.15) is 43.9 Å². The van der Waals surface area contributed by atoms with Gasteiger partial charge in [-0.15, -0.1) is 0 Å². The highest BCUT2D eigenvalue weighted by Crippen LogP contribution is 2.24. The third kappa shape index (κ3) is 8.25. The zero-order valence-corrected chi connectivity index (χ0v) is 22.9. The molecule has 0 aromatic heterocycles. The summed E-state index contributed by atoms with van der Waals surface area (Å²) in [5.41, 5.74) is 2.96. The quantitative estimate of drug-likeness (QED) is 0.477. The SMILES string of the molecule is CC[C@H](C(=O)NCC(C)C)N(Cc1ccc(Cl)cc1)C(=O)CN(c1ccc(C)cc1C)S(C)(=O)=O. The zero-order valence-electron chi connectivity index (χ0n) is 21.3. The Morgan fingerprint density at radius 3 is 2.20 bits per heavy atom. The normalized spacial score (nSPS) is 12.3. The highest BCUT2D eigenvalue weighted by Gasteiger charge is 2.32. The van der Waals surface area contributed by atoms with E-state index in [1.807, 2.05) is 46.8 Å². The number of amides is 2. The Balaban J connectivity index is 2.44. The Morgan fingerprint density at radius 2 is 1.69 bits per heavy atom. The van der Waals surface area contributed by atoms with E-state index in [-0.39, 0.29) is 18.4 Å². The van der Waals surface area contributed by atoms with E-state index in [0.29, 0.717) is 23.7 Å². The molecule has 0 saturated carbocycles. The highest BCUT2D eigenvalue weighted by atomic mass is 35.5. The summed E-state index contributed by atoms with van der Waals surface area (Å²) in [6.07, 6.45) is 1.46. The van der Waals surface area contributed by atoms with Crippen LogP contribution in [-0.4, -0.2) is 50.5 Å². The molecule has 0 bridgehead atoms. The smallest absolute Gasteiger partial charge is 0.244 e. The molecule has 1 atom stereocenters. The van der Waals surface area contributed by atoms with Crippen LogP contribution in [0.5, 0.6) is 0 Å². The van der Waals surface area contributed by atoms with Gasteiger partial charge in [-0.3, -0.25) is 13.9 Å². The van der Waals surface area contributed by atoms with Crippen molar-refractivity contribution in [2.45, 2.75) is 53.6 Å². The van der Waals surface area contributed by atoms with Crippen LogP contribution in [0.4, 0.5) is 5.69 Å². The summed E-state index contributed by atoms with van der Waals surface area (Å²) in [6, 6.07) is 11.7. The average Bonchev–Trinajstić information content (AvgIpc) is 2.76. The first-order valence-corrected chi connectivity index (χ1v) is 13.9. The van der Waals surface area contributed by atoms with E-state index in [2.05, 4.69) is 5.32 Å². The summed E-state index contributed by atoms with van der Waals surface area (Å²) in [5.74, 6) is -0.472. The lowest BCUT2D eigenvalue weighted by molar-refractivity contribution is -0.140. The van der Waals surface area contributed by atoms with Crippen LogP contribution in [0.15, 0.2) is 42.5 Å². The Morgan fingerprint density at radius 1 is 1.06 bits per heavy atom. The molecule has 0 radical (unpaired) electrons. The molecule has 0 saturated heterocycles. The minimum Gasteiger partial charge on any atom is -0.354 e. The predicted octanol–water partition coefficient (Wildman–Crippen LogP) is 4.30. The number of nitrogens with one attached hydrogen (secondary N) is 1. The Bertz CT molecular complexity index is 1130. The number of carbonyl (C=O) groups excluding carboxylic acids is 2. The topological polar surface area (TPSA) is 86.8 Å². The second-order valence-electron chi connectivity index (χ2n) is 9.27. The van der Waals surface area contributed by atoms with Crippen molar-refractivity contribution in [2.75, 3.05) is 23.7 Å². The van der Waals surface area contributed by atoms with Gasteiger partial charge in [0.2, 0.25) is 21.8 Å². The standard InChI is InChI=1S/C26H36ClN3O4S/c1-7-23(26(32)28-15-18(2)3)29(16-21-9-11-22(27)12-10-21)25(31)17-30(35(6,33)34)24-13-8-19(4)14-20(24)5/h8-14,18,23H,7,15-17H2,1-6H3,(H,28,32)/t23-/m1/s1. The molecule has 0 heterocycles. The van der Waals surface area contributed by atoms with Crippen molar-refractivity contribution < 1.29 is 18.0 Å².